The lowest BCUT2D eigenvalue weighted by Gasteiger charge is -2.29. The number of hydrogen-bond donors (Lipinski definition) is 2. The minimum atomic E-state index is -0.401. The standard InChI is InChI=1S/C20H33NO2/c1-4-16(2)19-12-8-9-13-20(19)23-15-18(22)14-21(3)17-10-6-5-7-11-17/h8-9,12-13,16-18,22H,4-7,10-11,14-15H2,1-3H3/p+1/t16-,18+/m0/s1. The zero-order valence-corrected chi connectivity index (χ0v) is 15.1. The number of aliphatic hydroxyl groups is 1. The topological polar surface area (TPSA) is 33.9 Å². The highest BCUT2D eigenvalue weighted by molar-refractivity contribution is 5.35. The number of quaternary nitrogens is 1. The van der Waals surface area contributed by atoms with Crippen molar-refractivity contribution in [2.45, 2.75) is 70.4 Å². The molecule has 2 rings (SSSR count). The van der Waals surface area contributed by atoms with Crippen LogP contribution in [0, 0.1) is 0 Å². The van der Waals surface area contributed by atoms with Gasteiger partial charge in [-0.25, -0.2) is 0 Å². The van der Waals surface area contributed by atoms with Crippen LogP contribution < -0.4 is 9.64 Å². The highest BCUT2D eigenvalue weighted by atomic mass is 16.5. The summed E-state index contributed by atoms with van der Waals surface area (Å²) in [4.78, 5) is 1.45. The third kappa shape index (κ3) is 5.50. The molecule has 1 aliphatic rings. The molecule has 3 nitrogen and oxygen atoms in total. The van der Waals surface area contributed by atoms with E-state index in [1.807, 2.05) is 12.1 Å². The highest BCUT2D eigenvalue weighted by Gasteiger charge is 2.23. The summed E-state index contributed by atoms with van der Waals surface area (Å²) in [5.41, 5.74) is 1.25. The predicted molar refractivity (Wildman–Crippen MR) is 95.3 cm³/mol. The summed E-state index contributed by atoms with van der Waals surface area (Å²) in [5.74, 6) is 1.41. The number of nitrogens with one attached hydrogen (secondary N) is 1. The summed E-state index contributed by atoms with van der Waals surface area (Å²) in [6.45, 7) is 5.58. The van der Waals surface area contributed by atoms with Gasteiger partial charge in [0.25, 0.3) is 0 Å². The Hall–Kier alpha value is -1.06. The minimum Gasteiger partial charge on any atom is -0.490 e. The fourth-order valence-electron chi connectivity index (χ4n) is 3.62. The van der Waals surface area contributed by atoms with Crippen molar-refractivity contribution in [2.24, 2.45) is 0 Å². The lowest BCUT2D eigenvalue weighted by atomic mass is 9.94. The molecular weight excluding hydrogens is 286 g/mol. The van der Waals surface area contributed by atoms with E-state index in [2.05, 4.69) is 33.0 Å². The molecule has 23 heavy (non-hydrogen) atoms. The lowest BCUT2D eigenvalue weighted by Crippen LogP contribution is -3.14. The van der Waals surface area contributed by atoms with Gasteiger partial charge in [0.1, 0.15) is 25.0 Å². The molecule has 1 saturated carbocycles. The van der Waals surface area contributed by atoms with Crippen molar-refractivity contribution in [3.8, 4) is 5.75 Å². The first kappa shape index (κ1) is 18.3. The molecule has 0 bridgehead atoms. The van der Waals surface area contributed by atoms with Crippen LogP contribution in [0.3, 0.4) is 0 Å². The van der Waals surface area contributed by atoms with Crippen molar-refractivity contribution in [2.75, 3.05) is 20.2 Å². The molecule has 1 fully saturated rings. The van der Waals surface area contributed by atoms with E-state index in [4.69, 9.17) is 4.74 Å². The van der Waals surface area contributed by atoms with Gasteiger partial charge in [-0.3, -0.25) is 0 Å². The Morgan fingerprint density at radius 3 is 2.61 bits per heavy atom. The van der Waals surface area contributed by atoms with Crippen molar-refractivity contribution in [3.63, 3.8) is 0 Å². The first-order valence-corrected chi connectivity index (χ1v) is 9.33. The molecule has 1 aromatic carbocycles. The zero-order valence-electron chi connectivity index (χ0n) is 15.1. The lowest BCUT2D eigenvalue weighted by molar-refractivity contribution is -0.910. The Bertz CT molecular complexity index is 457. The van der Waals surface area contributed by atoms with Gasteiger partial charge in [-0.2, -0.15) is 0 Å². The fraction of sp³-hybridized carbons (Fsp3) is 0.700. The number of likely N-dealkylation sites (N-methyl/N-ethyl adjacent to an activating group) is 1. The Morgan fingerprint density at radius 1 is 1.22 bits per heavy atom. The molecule has 3 atom stereocenters. The predicted octanol–water partition coefficient (Wildman–Crippen LogP) is 2.79. The number of benzene rings is 1. The number of rotatable bonds is 8. The van der Waals surface area contributed by atoms with E-state index in [9.17, 15) is 5.11 Å². The second-order valence-electron chi connectivity index (χ2n) is 7.20. The molecule has 2 N–H and O–H groups in total. The number of hydrogen-bond acceptors (Lipinski definition) is 2. The molecule has 1 aromatic rings. The molecule has 0 saturated heterocycles. The maximum atomic E-state index is 10.4. The van der Waals surface area contributed by atoms with Crippen molar-refractivity contribution >= 4 is 0 Å². The van der Waals surface area contributed by atoms with Crippen LogP contribution in [-0.2, 0) is 0 Å². The number of para-hydroxylation sites is 1. The van der Waals surface area contributed by atoms with Crippen molar-refractivity contribution in [3.05, 3.63) is 29.8 Å². The van der Waals surface area contributed by atoms with Gasteiger partial charge >= 0.3 is 0 Å². The molecule has 0 radical (unpaired) electrons. The molecule has 0 spiro atoms. The van der Waals surface area contributed by atoms with Crippen LogP contribution in [0.1, 0.15) is 63.9 Å². The van der Waals surface area contributed by atoms with Crippen LogP contribution in [0.4, 0.5) is 0 Å². The van der Waals surface area contributed by atoms with Gasteiger partial charge in [-0.15, -0.1) is 0 Å². The summed E-state index contributed by atoms with van der Waals surface area (Å²) in [7, 11) is 2.21. The second kappa shape index (κ2) is 9.29. The molecule has 1 unspecified atom stereocenters. The van der Waals surface area contributed by atoms with Crippen molar-refractivity contribution < 1.29 is 14.7 Å². The van der Waals surface area contributed by atoms with E-state index in [-0.39, 0.29) is 0 Å². The van der Waals surface area contributed by atoms with Gasteiger partial charge in [-0.05, 0) is 49.7 Å². The van der Waals surface area contributed by atoms with E-state index in [0.717, 1.165) is 18.7 Å². The summed E-state index contributed by atoms with van der Waals surface area (Å²) in [6.07, 6.45) is 7.36. The average Bonchev–Trinajstić information content (AvgIpc) is 2.60. The summed E-state index contributed by atoms with van der Waals surface area (Å²) < 4.78 is 5.95. The molecule has 3 heteroatoms. The van der Waals surface area contributed by atoms with Crippen LogP contribution in [0.25, 0.3) is 0 Å². The van der Waals surface area contributed by atoms with Gasteiger partial charge in [0.2, 0.25) is 0 Å². The monoisotopic (exact) mass is 320 g/mol. The van der Waals surface area contributed by atoms with E-state index in [1.54, 1.807) is 0 Å². The maximum absolute atomic E-state index is 10.4. The first-order valence-electron chi connectivity index (χ1n) is 9.33. The Kier molecular flexibility index (Phi) is 7.38. The van der Waals surface area contributed by atoms with Crippen LogP contribution in [0.2, 0.25) is 0 Å². The molecule has 0 aromatic heterocycles. The van der Waals surface area contributed by atoms with Crippen molar-refractivity contribution in [1.29, 1.82) is 0 Å². The summed E-state index contributed by atoms with van der Waals surface area (Å²) in [6, 6.07) is 8.94. The fourth-order valence-corrected chi connectivity index (χ4v) is 3.62. The zero-order chi connectivity index (χ0) is 16.7. The van der Waals surface area contributed by atoms with Crippen LogP contribution in [-0.4, -0.2) is 37.5 Å². The SMILES string of the molecule is CC[C@H](C)c1ccccc1OC[C@H](O)C[NH+](C)C1CCCCC1. The third-order valence-corrected chi connectivity index (χ3v) is 5.35. The van der Waals surface area contributed by atoms with E-state index in [0.29, 0.717) is 18.6 Å². The largest absolute Gasteiger partial charge is 0.490 e. The Labute approximate surface area is 141 Å². The Balaban J connectivity index is 1.83. The normalized spacial score (nSPS) is 20.0. The van der Waals surface area contributed by atoms with Crippen LogP contribution in [0.5, 0.6) is 5.75 Å². The van der Waals surface area contributed by atoms with E-state index in [1.165, 1.54) is 42.6 Å². The third-order valence-electron chi connectivity index (χ3n) is 5.35. The molecule has 0 aliphatic heterocycles. The average molecular weight is 320 g/mol. The number of ether oxygens (including phenoxy) is 1. The van der Waals surface area contributed by atoms with Crippen LogP contribution in [0.15, 0.2) is 24.3 Å². The molecule has 1 aliphatic carbocycles. The van der Waals surface area contributed by atoms with Gasteiger partial charge in [0.05, 0.1) is 13.1 Å². The highest BCUT2D eigenvalue weighted by Crippen LogP contribution is 2.28. The molecule has 130 valence electrons. The Morgan fingerprint density at radius 2 is 1.91 bits per heavy atom. The smallest absolute Gasteiger partial charge is 0.137 e. The van der Waals surface area contributed by atoms with Gasteiger partial charge < -0.3 is 14.7 Å². The minimum absolute atomic E-state index is 0.386. The number of aliphatic hydroxyl groups excluding tert-OH is 1. The molecule has 0 heterocycles. The maximum Gasteiger partial charge on any atom is 0.137 e. The van der Waals surface area contributed by atoms with E-state index < -0.39 is 6.10 Å². The van der Waals surface area contributed by atoms with E-state index >= 15 is 0 Å². The van der Waals surface area contributed by atoms with Gasteiger partial charge in [0, 0.05) is 0 Å². The van der Waals surface area contributed by atoms with Crippen LogP contribution >= 0.6 is 0 Å². The molecular formula is C20H34NO2+. The van der Waals surface area contributed by atoms with Crippen molar-refractivity contribution in [1.82, 2.24) is 0 Å². The summed E-state index contributed by atoms with van der Waals surface area (Å²) >= 11 is 0. The van der Waals surface area contributed by atoms with Gasteiger partial charge in [-0.1, -0.05) is 38.5 Å². The molecule has 0 amide bonds. The quantitative estimate of drug-likeness (QED) is 0.772. The first-order chi connectivity index (χ1) is 11.1. The second-order valence-corrected chi connectivity index (χ2v) is 7.20. The summed E-state index contributed by atoms with van der Waals surface area (Å²) in [5, 5.41) is 10.4. The van der Waals surface area contributed by atoms with Gasteiger partial charge in [0.15, 0.2) is 0 Å².